The number of ether oxygens (including phenoxy) is 1. The average Bonchev–Trinajstić information content (AvgIpc) is 3.11. The number of benzene rings is 1. The molecule has 0 bridgehead atoms. The van der Waals surface area contributed by atoms with Crippen LogP contribution in [0.4, 0.5) is 13.2 Å². The van der Waals surface area contributed by atoms with Crippen LogP contribution in [-0.2, 0) is 19.0 Å². The minimum atomic E-state index is -4.43. The maximum absolute atomic E-state index is 12.7. The number of alkyl halides is 3. The first-order chi connectivity index (χ1) is 12.5. The van der Waals surface area contributed by atoms with Crippen LogP contribution in [-0.4, -0.2) is 16.6 Å². The van der Waals surface area contributed by atoms with Crippen molar-refractivity contribution in [1.82, 2.24) is 9.97 Å². The van der Waals surface area contributed by atoms with E-state index in [0.717, 1.165) is 40.6 Å². The van der Waals surface area contributed by atoms with Gasteiger partial charge in [0, 0.05) is 36.4 Å². The molecule has 1 aliphatic rings. The molecule has 2 aromatic heterocycles. The molecule has 1 aromatic carbocycles. The minimum Gasteiger partial charge on any atom is -0.492 e. The van der Waals surface area contributed by atoms with Crippen molar-refractivity contribution in [1.29, 1.82) is 0 Å². The van der Waals surface area contributed by atoms with Gasteiger partial charge in [0.05, 0.1) is 12.3 Å². The van der Waals surface area contributed by atoms with E-state index < -0.39 is 11.9 Å². The Labute approximate surface area is 148 Å². The number of para-hydroxylation sites is 1. The van der Waals surface area contributed by atoms with Crippen molar-refractivity contribution in [2.24, 2.45) is 0 Å². The monoisotopic (exact) mass is 356 g/mol. The highest BCUT2D eigenvalue weighted by Crippen LogP contribution is 2.38. The summed E-state index contributed by atoms with van der Waals surface area (Å²) in [7, 11) is 0. The molecule has 1 aliphatic heterocycles. The SMILES string of the molecule is FC(F)(F)c1ccc(Cc2ncccc2-c2cccc3c2OCC3)cn1. The summed E-state index contributed by atoms with van der Waals surface area (Å²) in [5.74, 6) is 0.868. The summed E-state index contributed by atoms with van der Waals surface area (Å²) in [6.07, 6.45) is -0.225. The van der Waals surface area contributed by atoms with Crippen LogP contribution < -0.4 is 4.74 Å². The van der Waals surface area contributed by atoms with Crippen LogP contribution in [0.2, 0.25) is 0 Å². The molecule has 0 saturated heterocycles. The van der Waals surface area contributed by atoms with Crippen LogP contribution in [0.25, 0.3) is 11.1 Å². The van der Waals surface area contributed by atoms with E-state index in [4.69, 9.17) is 4.74 Å². The molecule has 0 unspecified atom stereocenters. The Balaban J connectivity index is 1.68. The molecule has 3 aromatic rings. The summed E-state index contributed by atoms with van der Waals surface area (Å²) in [6.45, 7) is 0.658. The summed E-state index contributed by atoms with van der Waals surface area (Å²) in [5.41, 5.74) is 3.60. The van der Waals surface area contributed by atoms with Crippen LogP contribution in [0.1, 0.15) is 22.5 Å². The molecular formula is C20H15F3N2O. The van der Waals surface area contributed by atoms with E-state index in [0.29, 0.717) is 18.6 Å². The van der Waals surface area contributed by atoms with Crippen molar-refractivity contribution in [2.45, 2.75) is 19.0 Å². The molecule has 0 N–H and O–H groups in total. The van der Waals surface area contributed by atoms with E-state index in [1.54, 1.807) is 6.20 Å². The summed E-state index contributed by atoms with van der Waals surface area (Å²) in [5, 5.41) is 0. The largest absolute Gasteiger partial charge is 0.492 e. The van der Waals surface area contributed by atoms with Crippen molar-refractivity contribution >= 4 is 0 Å². The fraction of sp³-hybridized carbons (Fsp3) is 0.200. The lowest BCUT2D eigenvalue weighted by atomic mass is 9.97. The number of nitrogens with zero attached hydrogens (tertiary/aromatic N) is 2. The average molecular weight is 356 g/mol. The van der Waals surface area contributed by atoms with Gasteiger partial charge >= 0.3 is 6.18 Å². The smallest absolute Gasteiger partial charge is 0.433 e. The molecule has 0 radical (unpaired) electrons. The third-order valence-corrected chi connectivity index (χ3v) is 4.38. The fourth-order valence-electron chi connectivity index (χ4n) is 3.14. The van der Waals surface area contributed by atoms with Gasteiger partial charge in [-0.15, -0.1) is 0 Å². The summed E-state index contributed by atoms with van der Waals surface area (Å²) in [4.78, 5) is 7.97. The number of halogens is 3. The third kappa shape index (κ3) is 3.14. The van der Waals surface area contributed by atoms with E-state index in [1.165, 1.54) is 12.3 Å². The molecule has 0 atom stereocenters. The van der Waals surface area contributed by atoms with Gasteiger partial charge in [-0.25, -0.2) is 0 Å². The van der Waals surface area contributed by atoms with Crippen LogP contribution in [0, 0.1) is 0 Å². The van der Waals surface area contributed by atoms with Gasteiger partial charge in [0.25, 0.3) is 0 Å². The number of hydrogen-bond acceptors (Lipinski definition) is 3. The Bertz CT molecular complexity index is 937. The minimum absolute atomic E-state index is 0.394. The second-order valence-electron chi connectivity index (χ2n) is 6.12. The van der Waals surface area contributed by atoms with Gasteiger partial charge in [-0.1, -0.05) is 30.3 Å². The second kappa shape index (κ2) is 6.44. The zero-order valence-corrected chi connectivity index (χ0v) is 13.8. The predicted octanol–water partition coefficient (Wildman–Crippen LogP) is 4.69. The zero-order valence-electron chi connectivity index (χ0n) is 13.8. The normalized spacial score (nSPS) is 13.3. The molecule has 0 spiro atoms. The van der Waals surface area contributed by atoms with Gasteiger partial charge in [0.2, 0.25) is 0 Å². The summed E-state index contributed by atoms with van der Waals surface area (Å²) >= 11 is 0. The predicted molar refractivity (Wildman–Crippen MR) is 90.9 cm³/mol. The molecule has 4 rings (SSSR count). The highest BCUT2D eigenvalue weighted by molar-refractivity contribution is 5.74. The highest BCUT2D eigenvalue weighted by atomic mass is 19.4. The first-order valence-corrected chi connectivity index (χ1v) is 8.23. The molecule has 3 nitrogen and oxygen atoms in total. The van der Waals surface area contributed by atoms with Crippen LogP contribution in [0.3, 0.4) is 0 Å². The van der Waals surface area contributed by atoms with Gasteiger partial charge in [0.15, 0.2) is 0 Å². The molecule has 0 fully saturated rings. The Morgan fingerprint density at radius 2 is 1.81 bits per heavy atom. The quantitative estimate of drug-likeness (QED) is 0.683. The lowest BCUT2D eigenvalue weighted by Crippen LogP contribution is -2.08. The number of fused-ring (bicyclic) bond motifs is 1. The summed E-state index contributed by atoms with van der Waals surface area (Å²) in [6, 6.07) is 12.3. The summed E-state index contributed by atoms with van der Waals surface area (Å²) < 4.78 is 43.8. The molecule has 0 amide bonds. The zero-order chi connectivity index (χ0) is 18.1. The van der Waals surface area contributed by atoms with Crippen molar-refractivity contribution in [3.8, 4) is 16.9 Å². The van der Waals surface area contributed by atoms with Crippen molar-refractivity contribution in [3.63, 3.8) is 0 Å². The third-order valence-electron chi connectivity index (χ3n) is 4.38. The molecule has 0 aliphatic carbocycles. The van der Waals surface area contributed by atoms with Crippen LogP contribution >= 0.6 is 0 Å². The number of aromatic nitrogens is 2. The van der Waals surface area contributed by atoms with Gasteiger partial charge in [-0.3, -0.25) is 9.97 Å². The van der Waals surface area contributed by atoms with E-state index in [1.807, 2.05) is 30.3 Å². The number of hydrogen-bond donors (Lipinski definition) is 0. The molecular weight excluding hydrogens is 341 g/mol. The maximum Gasteiger partial charge on any atom is 0.433 e. The number of rotatable bonds is 3. The highest BCUT2D eigenvalue weighted by Gasteiger charge is 2.32. The molecule has 132 valence electrons. The first kappa shape index (κ1) is 16.6. The van der Waals surface area contributed by atoms with Gasteiger partial charge < -0.3 is 4.74 Å². The first-order valence-electron chi connectivity index (χ1n) is 8.23. The lowest BCUT2D eigenvalue weighted by molar-refractivity contribution is -0.141. The van der Waals surface area contributed by atoms with E-state index >= 15 is 0 Å². The second-order valence-corrected chi connectivity index (χ2v) is 6.12. The van der Waals surface area contributed by atoms with E-state index in [2.05, 4.69) is 9.97 Å². The van der Waals surface area contributed by atoms with Crippen molar-refractivity contribution in [2.75, 3.05) is 6.61 Å². The van der Waals surface area contributed by atoms with E-state index in [-0.39, 0.29) is 0 Å². The maximum atomic E-state index is 12.7. The van der Waals surface area contributed by atoms with Crippen LogP contribution in [0.5, 0.6) is 5.75 Å². The van der Waals surface area contributed by atoms with Crippen LogP contribution in [0.15, 0.2) is 54.9 Å². The lowest BCUT2D eigenvalue weighted by Gasteiger charge is -2.12. The number of pyridine rings is 2. The Morgan fingerprint density at radius 3 is 2.58 bits per heavy atom. The standard InChI is InChI=1S/C20H15F3N2O/c21-20(22,23)18-7-6-13(12-25-18)11-17-15(5-2-9-24-17)16-4-1-3-14-8-10-26-19(14)16/h1-7,9,12H,8,10-11H2. The van der Waals surface area contributed by atoms with Gasteiger partial charge in [-0.2, -0.15) is 13.2 Å². The Kier molecular flexibility index (Phi) is 4.11. The van der Waals surface area contributed by atoms with Gasteiger partial charge in [-0.05, 0) is 23.3 Å². The Hall–Kier alpha value is -2.89. The fourth-order valence-corrected chi connectivity index (χ4v) is 3.14. The van der Waals surface area contributed by atoms with Gasteiger partial charge in [0.1, 0.15) is 11.4 Å². The molecule has 3 heterocycles. The molecule has 26 heavy (non-hydrogen) atoms. The Morgan fingerprint density at radius 1 is 0.962 bits per heavy atom. The van der Waals surface area contributed by atoms with Crippen molar-refractivity contribution in [3.05, 3.63) is 77.4 Å². The van der Waals surface area contributed by atoms with Crippen molar-refractivity contribution < 1.29 is 17.9 Å². The molecule has 0 saturated carbocycles. The topological polar surface area (TPSA) is 35.0 Å². The molecule has 6 heteroatoms. The van der Waals surface area contributed by atoms with E-state index in [9.17, 15) is 13.2 Å².